The van der Waals surface area contributed by atoms with Gasteiger partial charge in [-0.25, -0.2) is 4.39 Å². The van der Waals surface area contributed by atoms with Crippen LogP contribution < -0.4 is 10.6 Å². The van der Waals surface area contributed by atoms with Crippen molar-refractivity contribution < 1.29 is 23.6 Å². The molecule has 2 aromatic rings. The first-order valence-electron chi connectivity index (χ1n) is 13.5. The average molecular weight is 542 g/mol. The van der Waals surface area contributed by atoms with Crippen molar-refractivity contribution in [2.24, 2.45) is 5.92 Å². The van der Waals surface area contributed by atoms with E-state index >= 15 is 0 Å². The lowest BCUT2D eigenvalue weighted by Gasteiger charge is -2.32. The summed E-state index contributed by atoms with van der Waals surface area (Å²) in [7, 11) is 0. The molecule has 1 aromatic carbocycles. The van der Waals surface area contributed by atoms with Crippen LogP contribution >= 0.6 is 0 Å². The summed E-state index contributed by atoms with van der Waals surface area (Å²) in [4.78, 5) is 55.8. The second-order valence-electron chi connectivity index (χ2n) is 10.5. The highest BCUT2D eigenvalue weighted by Gasteiger charge is 2.37. The molecule has 12 heteroatoms. The van der Waals surface area contributed by atoms with Crippen LogP contribution in [-0.4, -0.2) is 86.5 Å². The number of nitrogens with one attached hydrogen (secondary N) is 2. The summed E-state index contributed by atoms with van der Waals surface area (Å²) in [6.07, 6.45) is 5.37. The molecule has 3 heterocycles. The number of halogens is 1. The Kier molecular flexibility index (Phi) is 9.26. The zero-order valence-electron chi connectivity index (χ0n) is 22.4. The Balaban J connectivity index is 1.58. The maximum atomic E-state index is 14.7. The quantitative estimate of drug-likeness (QED) is 0.597. The predicted octanol–water partition coefficient (Wildman–Crippen LogP) is 1.14. The van der Waals surface area contributed by atoms with Crippen LogP contribution in [0.3, 0.4) is 0 Å². The number of hydrogen-bond donors (Lipinski definition) is 2. The highest BCUT2D eigenvalue weighted by atomic mass is 19.1. The van der Waals surface area contributed by atoms with E-state index in [1.165, 1.54) is 34.6 Å². The number of carbonyl (C=O) groups is 4. The summed E-state index contributed by atoms with van der Waals surface area (Å²) >= 11 is 0. The molecular formula is C27H36FN7O4. The second kappa shape index (κ2) is 12.8. The van der Waals surface area contributed by atoms with Gasteiger partial charge in [0.2, 0.25) is 17.7 Å². The molecule has 0 spiro atoms. The van der Waals surface area contributed by atoms with Crippen molar-refractivity contribution in [2.45, 2.75) is 64.6 Å². The fourth-order valence-corrected chi connectivity index (χ4v) is 4.99. The number of rotatable bonds is 4. The highest BCUT2D eigenvalue weighted by Crippen LogP contribution is 2.23. The lowest BCUT2D eigenvalue weighted by molar-refractivity contribution is -0.137. The molecule has 2 N–H and O–H groups in total. The zero-order chi connectivity index (χ0) is 27.9. The SMILES string of the molecule is CC(C)[C@@H]1CN(C(=O)CCn2cnnc2)CC(=O)NCCCc2ccc(F)c(c2)C(=O)N2CCC[C@H]2C(=O)N1. The number of benzene rings is 1. The van der Waals surface area contributed by atoms with Crippen molar-refractivity contribution in [1.82, 2.24) is 35.2 Å². The molecule has 11 nitrogen and oxygen atoms in total. The number of nitrogens with zero attached hydrogens (tertiary/aromatic N) is 5. The molecule has 2 bridgehead atoms. The summed E-state index contributed by atoms with van der Waals surface area (Å²) in [5, 5.41) is 13.4. The van der Waals surface area contributed by atoms with E-state index in [4.69, 9.17) is 0 Å². The molecule has 0 saturated carbocycles. The van der Waals surface area contributed by atoms with Gasteiger partial charge >= 0.3 is 0 Å². The van der Waals surface area contributed by atoms with Crippen molar-refractivity contribution in [3.8, 4) is 0 Å². The van der Waals surface area contributed by atoms with Gasteiger partial charge in [-0.3, -0.25) is 19.2 Å². The first-order chi connectivity index (χ1) is 18.7. The van der Waals surface area contributed by atoms with Crippen LogP contribution in [0.1, 0.15) is 55.5 Å². The first-order valence-corrected chi connectivity index (χ1v) is 13.5. The molecule has 2 aliphatic rings. The van der Waals surface area contributed by atoms with Crippen LogP contribution in [-0.2, 0) is 27.3 Å². The Bertz CT molecular complexity index is 1190. The van der Waals surface area contributed by atoms with E-state index in [0.717, 1.165) is 5.56 Å². The molecule has 1 aromatic heterocycles. The van der Waals surface area contributed by atoms with Crippen LogP contribution in [0.25, 0.3) is 0 Å². The summed E-state index contributed by atoms with van der Waals surface area (Å²) in [6, 6.07) is 3.24. The third-order valence-electron chi connectivity index (χ3n) is 7.33. The van der Waals surface area contributed by atoms with E-state index in [0.29, 0.717) is 45.3 Å². The molecule has 2 atom stereocenters. The number of carbonyl (C=O) groups excluding carboxylic acids is 4. The van der Waals surface area contributed by atoms with Gasteiger partial charge < -0.3 is 25.0 Å². The third-order valence-corrected chi connectivity index (χ3v) is 7.33. The monoisotopic (exact) mass is 541 g/mol. The molecule has 210 valence electrons. The Labute approximate surface area is 227 Å². The van der Waals surface area contributed by atoms with Gasteiger partial charge in [0.05, 0.1) is 12.1 Å². The number of hydrogen-bond acceptors (Lipinski definition) is 6. The summed E-state index contributed by atoms with van der Waals surface area (Å²) < 4.78 is 16.4. The molecule has 2 aliphatic heterocycles. The fraction of sp³-hybridized carbons (Fsp3) is 0.556. The van der Waals surface area contributed by atoms with Crippen LogP contribution in [0.5, 0.6) is 0 Å². The van der Waals surface area contributed by atoms with Crippen LogP contribution in [0.4, 0.5) is 4.39 Å². The van der Waals surface area contributed by atoms with E-state index in [-0.39, 0.29) is 48.7 Å². The Morgan fingerprint density at radius 3 is 2.67 bits per heavy atom. The highest BCUT2D eigenvalue weighted by molar-refractivity contribution is 5.98. The van der Waals surface area contributed by atoms with Crippen molar-refractivity contribution >= 4 is 23.6 Å². The molecule has 1 fully saturated rings. The molecule has 0 aliphatic carbocycles. The van der Waals surface area contributed by atoms with E-state index in [1.807, 2.05) is 13.8 Å². The molecular weight excluding hydrogens is 505 g/mol. The molecule has 4 rings (SSSR count). The van der Waals surface area contributed by atoms with Gasteiger partial charge in [0, 0.05) is 38.6 Å². The van der Waals surface area contributed by atoms with Crippen molar-refractivity contribution in [3.05, 3.63) is 47.8 Å². The van der Waals surface area contributed by atoms with Gasteiger partial charge in [-0.05, 0) is 49.3 Å². The van der Waals surface area contributed by atoms with Gasteiger partial charge in [0.25, 0.3) is 5.91 Å². The molecule has 1 saturated heterocycles. The van der Waals surface area contributed by atoms with E-state index in [2.05, 4.69) is 20.8 Å². The van der Waals surface area contributed by atoms with Crippen molar-refractivity contribution in [3.63, 3.8) is 0 Å². The Morgan fingerprint density at radius 1 is 1.15 bits per heavy atom. The summed E-state index contributed by atoms with van der Waals surface area (Å²) in [5.74, 6) is -2.07. The van der Waals surface area contributed by atoms with Crippen molar-refractivity contribution in [1.29, 1.82) is 0 Å². The smallest absolute Gasteiger partial charge is 0.257 e. The Morgan fingerprint density at radius 2 is 1.92 bits per heavy atom. The second-order valence-corrected chi connectivity index (χ2v) is 10.5. The van der Waals surface area contributed by atoms with Gasteiger partial charge in [-0.15, -0.1) is 10.2 Å². The first kappa shape index (κ1) is 28.2. The number of fused-ring (bicyclic) bond motifs is 3. The number of amides is 4. The van der Waals surface area contributed by atoms with Crippen LogP contribution in [0.15, 0.2) is 30.9 Å². The van der Waals surface area contributed by atoms with E-state index < -0.39 is 23.8 Å². The molecule has 4 amide bonds. The number of aromatic nitrogens is 3. The third kappa shape index (κ3) is 7.18. The summed E-state index contributed by atoms with van der Waals surface area (Å²) in [6.45, 7) is 4.91. The fourth-order valence-electron chi connectivity index (χ4n) is 4.99. The van der Waals surface area contributed by atoms with E-state index in [1.54, 1.807) is 10.6 Å². The molecule has 0 unspecified atom stereocenters. The lowest BCUT2D eigenvalue weighted by atomic mass is 10.0. The maximum Gasteiger partial charge on any atom is 0.257 e. The zero-order valence-corrected chi connectivity index (χ0v) is 22.4. The van der Waals surface area contributed by atoms with Gasteiger partial charge in [-0.1, -0.05) is 19.9 Å². The predicted molar refractivity (Wildman–Crippen MR) is 140 cm³/mol. The van der Waals surface area contributed by atoms with Crippen molar-refractivity contribution in [2.75, 3.05) is 26.2 Å². The number of aryl methyl sites for hydroxylation is 2. The lowest BCUT2D eigenvalue weighted by Crippen LogP contribution is -2.55. The maximum absolute atomic E-state index is 14.7. The average Bonchev–Trinajstić information content (AvgIpc) is 3.61. The largest absolute Gasteiger partial charge is 0.355 e. The molecule has 0 radical (unpaired) electrons. The Hall–Kier alpha value is -3.83. The van der Waals surface area contributed by atoms with Gasteiger partial charge in [0.1, 0.15) is 24.5 Å². The van der Waals surface area contributed by atoms with E-state index in [9.17, 15) is 23.6 Å². The van der Waals surface area contributed by atoms with Gasteiger partial charge in [0.15, 0.2) is 0 Å². The minimum absolute atomic E-state index is 0.0502. The molecule has 39 heavy (non-hydrogen) atoms. The minimum Gasteiger partial charge on any atom is -0.355 e. The standard InChI is InChI=1S/C27H36FN7O4/c1-18(2)22-14-34(25(37)9-12-33-16-30-31-17-33)15-24(36)29-10-3-5-19-7-8-21(28)20(13-19)27(39)35-11-4-6-23(35)26(38)32-22/h7-8,13,16-18,22-23H,3-6,9-12,14-15H2,1-2H3,(H,29,36)(H,32,38)/t22-,23-/m0/s1. The van der Waals surface area contributed by atoms with Gasteiger partial charge in [-0.2, -0.15) is 0 Å². The normalized spacial score (nSPS) is 21.4. The van der Waals surface area contributed by atoms with Crippen LogP contribution in [0, 0.1) is 11.7 Å². The topological polar surface area (TPSA) is 130 Å². The van der Waals surface area contributed by atoms with Crippen LogP contribution in [0.2, 0.25) is 0 Å². The minimum atomic E-state index is -0.737. The summed E-state index contributed by atoms with van der Waals surface area (Å²) in [5.41, 5.74) is 0.718.